The van der Waals surface area contributed by atoms with E-state index in [4.69, 9.17) is 10.5 Å². The first kappa shape index (κ1) is 13.2. The van der Waals surface area contributed by atoms with Gasteiger partial charge in [-0.25, -0.2) is 0 Å². The average Bonchev–Trinajstić information content (AvgIpc) is 2.45. The third kappa shape index (κ3) is 2.31. The van der Waals surface area contributed by atoms with Crippen molar-refractivity contribution in [2.24, 2.45) is 11.7 Å². The van der Waals surface area contributed by atoms with Crippen molar-refractivity contribution in [3.8, 4) is 5.75 Å². The number of ether oxygens (including phenoxy) is 1. The normalized spacial score (nSPS) is 23.1. The van der Waals surface area contributed by atoms with Crippen LogP contribution in [-0.2, 0) is 0 Å². The Bertz CT molecular complexity index is 604. The number of aromatic nitrogens is 1. The number of anilines is 1. The van der Waals surface area contributed by atoms with Crippen LogP contribution in [0.15, 0.2) is 30.5 Å². The van der Waals surface area contributed by atoms with Gasteiger partial charge in [0.2, 0.25) is 0 Å². The molecule has 1 aliphatic rings. The van der Waals surface area contributed by atoms with Crippen LogP contribution in [0.25, 0.3) is 10.9 Å². The lowest BCUT2D eigenvalue weighted by Gasteiger charge is -2.37. The summed E-state index contributed by atoms with van der Waals surface area (Å²) in [4.78, 5) is 6.84. The summed E-state index contributed by atoms with van der Waals surface area (Å²) in [6.07, 6.45) is 2.90. The number of hydrogen-bond donors (Lipinski definition) is 1. The van der Waals surface area contributed by atoms with Gasteiger partial charge in [0, 0.05) is 36.4 Å². The van der Waals surface area contributed by atoms with Crippen molar-refractivity contribution < 1.29 is 4.74 Å². The number of benzene rings is 1. The molecule has 2 atom stereocenters. The zero-order chi connectivity index (χ0) is 14.1. The molecule has 1 fully saturated rings. The molecule has 2 heterocycles. The van der Waals surface area contributed by atoms with E-state index in [2.05, 4.69) is 28.9 Å². The summed E-state index contributed by atoms with van der Waals surface area (Å²) in [6.45, 7) is 4.21. The number of rotatable bonds is 2. The number of nitrogens with two attached hydrogens (primary N) is 1. The molecule has 1 saturated heterocycles. The quantitative estimate of drug-likeness (QED) is 0.911. The third-order valence-corrected chi connectivity index (χ3v) is 3.96. The zero-order valence-electron chi connectivity index (χ0n) is 12.0. The fourth-order valence-corrected chi connectivity index (χ4v) is 3.17. The van der Waals surface area contributed by atoms with E-state index in [0.717, 1.165) is 36.2 Å². The first-order chi connectivity index (χ1) is 9.69. The van der Waals surface area contributed by atoms with Gasteiger partial charge >= 0.3 is 0 Å². The molecule has 20 heavy (non-hydrogen) atoms. The van der Waals surface area contributed by atoms with E-state index in [1.807, 2.05) is 12.1 Å². The van der Waals surface area contributed by atoms with E-state index < -0.39 is 0 Å². The molecule has 0 unspecified atom stereocenters. The van der Waals surface area contributed by atoms with Crippen LogP contribution in [0.4, 0.5) is 5.69 Å². The van der Waals surface area contributed by atoms with Gasteiger partial charge in [0.1, 0.15) is 11.3 Å². The number of fused-ring (bicyclic) bond motifs is 1. The molecule has 1 aliphatic heterocycles. The van der Waals surface area contributed by atoms with E-state index >= 15 is 0 Å². The maximum absolute atomic E-state index is 6.17. The molecule has 0 bridgehead atoms. The second-order valence-electron chi connectivity index (χ2n) is 5.69. The SMILES string of the molecule is COc1ccc(N2C[C@@H](C)C[C@@H](N)C2)c2cccnc12. The molecule has 2 aromatic rings. The molecule has 0 aliphatic carbocycles. The Kier molecular flexibility index (Phi) is 3.49. The van der Waals surface area contributed by atoms with Crippen LogP contribution in [-0.4, -0.2) is 31.2 Å². The summed E-state index contributed by atoms with van der Waals surface area (Å²) >= 11 is 0. The summed E-state index contributed by atoms with van der Waals surface area (Å²) in [7, 11) is 1.68. The predicted octanol–water partition coefficient (Wildman–Crippen LogP) is 2.42. The molecule has 106 valence electrons. The largest absolute Gasteiger partial charge is 0.494 e. The Morgan fingerprint density at radius 3 is 2.90 bits per heavy atom. The zero-order valence-corrected chi connectivity index (χ0v) is 12.0. The van der Waals surface area contributed by atoms with Gasteiger partial charge in [-0.1, -0.05) is 6.92 Å². The standard InChI is InChI=1S/C16H21N3O/c1-11-8-12(17)10-19(9-11)14-5-6-15(20-2)16-13(14)4-3-7-18-16/h3-7,11-12H,8-10,17H2,1-2H3/t11-,12+/m0/s1. The van der Waals surface area contributed by atoms with Gasteiger partial charge in [0.05, 0.1) is 7.11 Å². The lowest BCUT2D eigenvalue weighted by atomic mass is 9.95. The van der Waals surface area contributed by atoms with Gasteiger partial charge in [-0.2, -0.15) is 0 Å². The summed E-state index contributed by atoms with van der Waals surface area (Å²) < 4.78 is 5.41. The fraction of sp³-hybridized carbons (Fsp3) is 0.438. The number of methoxy groups -OCH3 is 1. The highest BCUT2D eigenvalue weighted by atomic mass is 16.5. The van der Waals surface area contributed by atoms with Crippen LogP contribution >= 0.6 is 0 Å². The number of nitrogens with zero attached hydrogens (tertiary/aromatic N) is 2. The molecule has 4 heteroatoms. The van der Waals surface area contributed by atoms with Crippen molar-refractivity contribution in [2.45, 2.75) is 19.4 Å². The molecule has 2 N–H and O–H groups in total. The molecule has 0 saturated carbocycles. The molecular formula is C16H21N3O. The Labute approximate surface area is 119 Å². The van der Waals surface area contributed by atoms with Crippen LogP contribution in [0.3, 0.4) is 0 Å². The van der Waals surface area contributed by atoms with Crippen LogP contribution in [0.5, 0.6) is 5.75 Å². The predicted molar refractivity (Wildman–Crippen MR) is 82.3 cm³/mol. The van der Waals surface area contributed by atoms with Gasteiger partial charge in [-0.3, -0.25) is 4.98 Å². The summed E-state index contributed by atoms with van der Waals surface area (Å²) in [6, 6.07) is 8.43. The van der Waals surface area contributed by atoms with Crippen LogP contribution < -0.4 is 15.4 Å². The van der Waals surface area contributed by atoms with Crippen molar-refractivity contribution in [1.82, 2.24) is 4.98 Å². The summed E-state index contributed by atoms with van der Waals surface area (Å²) in [5, 5.41) is 1.13. The van der Waals surface area contributed by atoms with Crippen LogP contribution in [0, 0.1) is 5.92 Å². The van der Waals surface area contributed by atoms with Crippen molar-refractivity contribution in [2.75, 3.05) is 25.1 Å². The monoisotopic (exact) mass is 271 g/mol. The number of hydrogen-bond acceptors (Lipinski definition) is 4. The van der Waals surface area contributed by atoms with E-state index in [9.17, 15) is 0 Å². The minimum atomic E-state index is 0.243. The highest BCUT2D eigenvalue weighted by Crippen LogP contribution is 2.33. The van der Waals surface area contributed by atoms with Gasteiger partial charge < -0.3 is 15.4 Å². The smallest absolute Gasteiger partial charge is 0.145 e. The summed E-state index contributed by atoms with van der Waals surface area (Å²) in [5.74, 6) is 1.44. The van der Waals surface area contributed by atoms with Crippen LogP contribution in [0.2, 0.25) is 0 Å². The Morgan fingerprint density at radius 1 is 1.30 bits per heavy atom. The lowest BCUT2D eigenvalue weighted by molar-refractivity contribution is 0.402. The van der Waals surface area contributed by atoms with E-state index in [1.54, 1.807) is 13.3 Å². The first-order valence-corrected chi connectivity index (χ1v) is 7.11. The molecule has 1 aromatic heterocycles. The second-order valence-corrected chi connectivity index (χ2v) is 5.69. The molecule has 1 aromatic carbocycles. The van der Waals surface area contributed by atoms with Gasteiger partial charge in [-0.05, 0) is 36.6 Å². The van der Waals surface area contributed by atoms with Gasteiger partial charge in [0.15, 0.2) is 0 Å². The van der Waals surface area contributed by atoms with Crippen molar-refractivity contribution in [1.29, 1.82) is 0 Å². The Balaban J connectivity index is 2.08. The van der Waals surface area contributed by atoms with Crippen molar-refractivity contribution in [3.63, 3.8) is 0 Å². The molecular weight excluding hydrogens is 250 g/mol. The Morgan fingerprint density at radius 2 is 2.15 bits per heavy atom. The Hall–Kier alpha value is -1.81. The maximum Gasteiger partial charge on any atom is 0.145 e. The lowest BCUT2D eigenvalue weighted by Crippen LogP contribution is -2.46. The molecule has 0 spiro atoms. The van der Waals surface area contributed by atoms with Crippen LogP contribution in [0.1, 0.15) is 13.3 Å². The topological polar surface area (TPSA) is 51.4 Å². The number of piperidine rings is 1. The highest BCUT2D eigenvalue weighted by Gasteiger charge is 2.24. The van der Waals surface area contributed by atoms with E-state index in [0.29, 0.717) is 5.92 Å². The van der Waals surface area contributed by atoms with Crippen molar-refractivity contribution >= 4 is 16.6 Å². The van der Waals surface area contributed by atoms with Gasteiger partial charge in [0.25, 0.3) is 0 Å². The van der Waals surface area contributed by atoms with E-state index in [1.165, 1.54) is 5.69 Å². The fourth-order valence-electron chi connectivity index (χ4n) is 3.17. The highest BCUT2D eigenvalue weighted by molar-refractivity contribution is 5.95. The number of pyridine rings is 1. The van der Waals surface area contributed by atoms with E-state index in [-0.39, 0.29) is 6.04 Å². The van der Waals surface area contributed by atoms with Gasteiger partial charge in [-0.15, -0.1) is 0 Å². The molecule has 0 amide bonds. The summed E-state index contributed by atoms with van der Waals surface area (Å²) in [5.41, 5.74) is 8.29. The minimum Gasteiger partial charge on any atom is -0.494 e. The van der Waals surface area contributed by atoms with Crippen molar-refractivity contribution in [3.05, 3.63) is 30.5 Å². The average molecular weight is 271 g/mol. The first-order valence-electron chi connectivity index (χ1n) is 7.11. The maximum atomic E-state index is 6.17. The molecule has 0 radical (unpaired) electrons. The molecule has 4 nitrogen and oxygen atoms in total. The minimum absolute atomic E-state index is 0.243. The second kappa shape index (κ2) is 5.29. The third-order valence-electron chi connectivity index (χ3n) is 3.96. The molecule has 3 rings (SSSR count).